The zero-order valence-electron chi connectivity index (χ0n) is 10.7. The van der Waals surface area contributed by atoms with Gasteiger partial charge >= 0.3 is 26.2 Å². The van der Waals surface area contributed by atoms with Crippen LogP contribution in [-0.2, 0) is 26.2 Å². The maximum atomic E-state index is 3.26. The van der Waals surface area contributed by atoms with E-state index in [0.717, 1.165) is 12.8 Å². The summed E-state index contributed by atoms with van der Waals surface area (Å²) in [7, 11) is 0. The normalized spacial score (nSPS) is 15.9. The first-order valence-corrected chi connectivity index (χ1v) is 4.91. The molecule has 0 atom stereocenters. The molecule has 0 saturated heterocycles. The fourth-order valence-electron chi connectivity index (χ4n) is 1.23. The van der Waals surface area contributed by atoms with Crippen molar-refractivity contribution in [1.29, 1.82) is 0 Å². The largest absolute Gasteiger partial charge is 4.00 e. The van der Waals surface area contributed by atoms with E-state index in [2.05, 4.69) is 37.3 Å². The van der Waals surface area contributed by atoms with Crippen LogP contribution in [0.3, 0.4) is 0 Å². The second-order valence-corrected chi connectivity index (χ2v) is 3.06. The molecule has 74 valence electrons. The molecule has 0 aromatic heterocycles. The minimum atomic E-state index is 0. The Morgan fingerprint density at radius 1 is 1.36 bits per heavy atom. The summed E-state index contributed by atoms with van der Waals surface area (Å²) in [4.78, 5) is 0. The molecule has 0 aromatic rings. The first-order chi connectivity index (χ1) is 6.43. The van der Waals surface area contributed by atoms with Crippen LogP contribution >= 0.6 is 0 Å². The smallest absolute Gasteiger partial charge is 1.00 e. The molecule has 2 aliphatic carbocycles. The molecule has 0 fully saturated rings. The number of allylic oxidation sites excluding steroid dienone is 8. The molecule has 0 unspecified atom stereocenters. The standard InChI is InChI=1S/C8H11.C5H5.Zr.2H/c1-2-5-8-6-3-4-7-8;1-2-4-5-3-1;;;/h3,6H,2,4-5H2,1H3;1-3H,4H2;;;/q2*-1;+4;2*-1. The maximum Gasteiger partial charge on any atom is 4.00 e. The zero-order chi connectivity index (χ0) is 9.36. The Morgan fingerprint density at radius 2 is 2.21 bits per heavy atom. The number of hydrogen-bond acceptors (Lipinski definition) is 0. The van der Waals surface area contributed by atoms with Crippen molar-refractivity contribution in [3.05, 3.63) is 48.1 Å². The Kier molecular flexibility index (Phi) is 9.29. The van der Waals surface area contributed by atoms with Gasteiger partial charge in [-0.25, -0.2) is 23.8 Å². The van der Waals surface area contributed by atoms with E-state index in [-0.39, 0.29) is 29.1 Å². The molecular formula is C13H18Zr. The SMILES string of the molecule is CCCC1=[C-]CC=C1.[C-]1=CC=CC1.[H-].[H-].[Zr+4]. The van der Waals surface area contributed by atoms with E-state index in [1.807, 2.05) is 12.2 Å². The van der Waals surface area contributed by atoms with Crippen molar-refractivity contribution in [2.24, 2.45) is 0 Å². The number of rotatable bonds is 2. The Bertz CT molecular complexity index is 243. The van der Waals surface area contributed by atoms with Gasteiger partial charge in [-0.3, -0.25) is 12.2 Å². The summed E-state index contributed by atoms with van der Waals surface area (Å²) in [5.41, 5.74) is 1.40. The van der Waals surface area contributed by atoms with Crippen LogP contribution < -0.4 is 0 Å². The Labute approximate surface area is 110 Å². The Morgan fingerprint density at radius 3 is 2.57 bits per heavy atom. The van der Waals surface area contributed by atoms with Crippen LogP contribution in [0.25, 0.3) is 0 Å². The topological polar surface area (TPSA) is 0 Å². The Balaban J connectivity index is -0.000000189. The molecule has 0 aromatic carbocycles. The summed E-state index contributed by atoms with van der Waals surface area (Å²) < 4.78 is 0. The van der Waals surface area contributed by atoms with Gasteiger partial charge in [-0.05, 0) is 0 Å². The average Bonchev–Trinajstić information content (AvgIpc) is 2.79. The number of hydrogen-bond donors (Lipinski definition) is 0. The second-order valence-electron chi connectivity index (χ2n) is 3.06. The minimum Gasteiger partial charge on any atom is -1.00 e. The monoisotopic (exact) mass is 264 g/mol. The first kappa shape index (κ1) is 13.8. The van der Waals surface area contributed by atoms with Gasteiger partial charge in [0.25, 0.3) is 0 Å². The van der Waals surface area contributed by atoms with Crippen molar-refractivity contribution >= 4 is 0 Å². The Hall–Kier alpha value is -0.157. The fourth-order valence-corrected chi connectivity index (χ4v) is 1.23. The van der Waals surface area contributed by atoms with Crippen molar-refractivity contribution in [2.75, 3.05) is 0 Å². The van der Waals surface area contributed by atoms with E-state index in [9.17, 15) is 0 Å². The molecule has 0 heterocycles. The molecule has 0 saturated carbocycles. The average molecular weight is 266 g/mol. The molecule has 0 nitrogen and oxygen atoms in total. The summed E-state index contributed by atoms with van der Waals surface area (Å²) in [6.07, 6.45) is 21.1. The van der Waals surface area contributed by atoms with E-state index in [1.165, 1.54) is 18.4 Å². The van der Waals surface area contributed by atoms with Gasteiger partial charge in [0, 0.05) is 0 Å². The molecule has 0 bridgehead atoms. The van der Waals surface area contributed by atoms with Gasteiger partial charge in [0.15, 0.2) is 0 Å². The van der Waals surface area contributed by atoms with Gasteiger partial charge in [-0.1, -0.05) is 19.8 Å². The molecule has 0 N–H and O–H groups in total. The van der Waals surface area contributed by atoms with Crippen molar-refractivity contribution in [3.63, 3.8) is 0 Å². The van der Waals surface area contributed by atoms with Gasteiger partial charge in [0.05, 0.1) is 0 Å². The summed E-state index contributed by atoms with van der Waals surface area (Å²) in [5, 5.41) is 0. The summed E-state index contributed by atoms with van der Waals surface area (Å²) in [6, 6.07) is 0. The van der Waals surface area contributed by atoms with Crippen LogP contribution in [0.15, 0.2) is 36.0 Å². The predicted octanol–water partition coefficient (Wildman–Crippen LogP) is 4.00. The van der Waals surface area contributed by atoms with Crippen LogP contribution in [0.5, 0.6) is 0 Å². The summed E-state index contributed by atoms with van der Waals surface area (Å²) >= 11 is 0. The van der Waals surface area contributed by atoms with Gasteiger partial charge in [-0.15, -0.1) is 12.8 Å². The van der Waals surface area contributed by atoms with Crippen LogP contribution in [0.4, 0.5) is 0 Å². The fraction of sp³-hybridized carbons (Fsp3) is 0.385. The predicted molar refractivity (Wildman–Crippen MR) is 59.2 cm³/mol. The molecule has 0 amide bonds. The molecule has 0 radical (unpaired) electrons. The zero-order valence-corrected chi connectivity index (χ0v) is 11.2. The quantitative estimate of drug-likeness (QED) is 0.662. The van der Waals surface area contributed by atoms with Gasteiger partial charge in [0.2, 0.25) is 0 Å². The van der Waals surface area contributed by atoms with Crippen molar-refractivity contribution in [3.8, 4) is 0 Å². The van der Waals surface area contributed by atoms with Crippen LogP contribution in [0, 0.1) is 12.2 Å². The third-order valence-corrected chi connectivity index (χ3v) is 1.87. The van der Waals surface area contributed by atoms with E-state index in [4.69, 9.17) is 0 Å². The molecular weight excluding hydrogens is 247 g/mol. The van der Waals surface area contributed by atoms with Crippen LogP contribution in [0.1, 0.15) is 35.5 Å². The maximum absolute atomic E-state index is 3.26. The van der Waals surface area contributed by atoms with Crippen LogP contribution in [-0.4, -0.2) is 0 Å². The molecule has 0 aliphatic heterocycles. The van der Waals surface area contributed by atoms with Crippen molar-refractivity contribution < 1.29 is 29.1 Å². The summed E-state index contributed by atoms with van der Waals surface area (Å²) in [6.45, 7) is 2.20. The first-order valence-electron chi connectivity index (χ1n) is 4.91. The minimum absolute atomic E-state index is 0. The van der Waals surface area contributed by atoms with Gasteiger partial charge in [0.1, 0.15) is 0 Å². The summed E-state index contributed by atoms with van der Waals surface area (Å²) in [5.74, 6) is 0. The van der Waals surface area contributed by atoms with Gasteiger partial charge in [-0.2, -0.15) is 12.2 Å². The molecule has 2 aliphatic rings. The van der Waals surface area contributed by atoms with E-state index >= 15 is 0 Å². The molecule has 1 heteroatoms. The van der Waals surface area contributed by atoms with E-state index in [1.54, 1.807) is 0 Å². The molecule has 2 rings (SSSR count). The third-order valence-electron chi connectivity index (χ3n) is 1.87. The second kappa shape index (κ2) is 9.40. The third kappa shape index (κ3) is 6.32. The van der Waals surface area contributed by atoms with E-state index in [0.29, 0.717) is 0 Å². The van der Waals surface area contributed by atoms with E-state index < -0.39 is 0 Å². The van der Waals surface area contributed by atoms with Crippen LogP contribution in [0.2, 0.25) is 0 Å². The van der Waals surface area contributed by atoms with Crippen molar-refractivity contribution in [2.45, 2.75) is 32.6 Å². The van der Waals surface area contributed by atoms with Crippen molar-refractivity contribution in [1.82, 2.24) is 0 Å². The molecule has 14 heavy (non-hydrogen) atoms. The van der Waals surface area contributed by atoms with Gasteiger partial charge < -0.3 is 2.85 Å². The molecule has 0 spiro atoms.